The van der Waals surface area contributed by atoms with Crippen LogP contribution in [0.25, 0.3) is 10.2 Å². The van der Waals surface area contributed by atoms with Crippen LogP contribution < -0.4 is 10.2 Å². The predicted molar refractivity (Wildman–Crippen MR) is 86.0 cm³/mol. The highest BCUT2D eigenvalue weighted by molar-refractivity contribution is 7.16. The summed E-state index contributed by atoms with van der Waals surface area (Å²) in [5, 5.41) is 6.08. The van der Waals surface area contributed by atoms with Crippen molar-refractivity contribution in [2.24, 2.45) is 0 Å². The SMILES string of the molecule is CCNc1nc(N(C)c2cccc(F)c2)c2ccsc2n1. The maximum absolute atomic E-state index is 13.4. The van der Waals surface area contributed by atoms with Gasteiger partial charge in [-0.15, -0.1) is 11.3 Å². The highest BCUT2D eigenvalue weighted by atomic mass is 32.1. The lowest BCUT2D eigenvalue weighted by Gasteiger charge is -2.20. The van der Waals surface area contributed by atoms with E-state index in [1.165, 1.54) is 12.1 Å². The molecule has 21 heavy (non-hydrogen) atoms. The van der Waals surface area contributed by atoms with E-state index in [9.17, 15) is 4.39 Å². The molecular formula is C15H15FN4S. The van der Waals surface area contributed by atoms with Gasteiger partial charge in [-0.2, -0.15) is 4.98 Å². The molecule has 2 aromatic heterocycles. The largest absolute Gasteiger partial charge is 0.354 e. The van der Waals surface area contributed by atoms with Crippen LogP contribution in [0.5, 0.6) is 0 Å². The minimum absolute atomic E-state index is 0.262. The Morgan fingerprint density at radius 3 is 2.90 bits per heavy atom. The van der Waals surface area contributed by atoms with Crippen molar-refractivity contribution >= 4 is 39.0 Å². The normalized spacial score (nSPS) is 10.8. The van der Waals surface area contributed by atoms with Crippen LogP contribution in [0.1, 0.15) is 6.92 Å². The molecule has 0 fully saturated rings. The third-order valence-corrected chi connectivity index (χ3v) is 3.96. The van der Waals surface area contributed by atoms with Crippen LogP contribution in [-0.4, -0.2) is 23.6 Å². The fourth-order valence-electron chi connectivity index (χ4n) is 2.14. The second-order valence-electron chi connectivity index (χ2n) is 4.58. The number of anilines is 3. The quantitative estimate of drug-likeness (QED) is 0.790. The Bertz CT molecular complexity index is 771. The summed E-state index contributed by atoms with van der Waals surface area (Å²) in [5.41, 5.74) is 0.753. The van der Waals surface area contributed by atoms with Gasteiger partial charge in [0.1, 0.15) is 16.5 Å². The van der Waals surface area contributed by atoms with Crippen molar-refractivity contribution in [2.75, 3.05) is 23.8 Å². The summed E-state index contributed by atoms with van der Waals surface area (Å²) >= 11 is 1.57. The molecule has 0 aliphatic heterocycles. The summed E-state index contributed by atoms with van der Waals surface area (Å²) < 4.78 is 13.4. The molecule has 0 unspecified atom stereocenters. The Hall–Kier alpha value is -2.21. The number of halogens is 1. The number of fused-ring (bicyclic) bond motifs is 1. The zero-order valence-corrected chi connectivity index (χ0v) is 12.6. The van der Waals surface area contributed by atoms with Gasteiger partial charge in [0.15, 0.2) is 0 Å². The molecule has 2 heterocycles. The van der Waals surface area contributed by atoms with Gasteiger partial charge in [-0.3, -0.25) is 0 Å². The van der Waals surface area contributed by atoms with Crippen molar-refractivity contribution in [2.45, 2.75) is 6.92 Å². The van der Waals surface area contributed by atoms with Crippen LogP contribution in [0.4, 0.5) is 21.8 Å². The Labute approximate surface area is 126 Å². The molecular weight excluding hydrogens is 287 g/mol. The van der Waals surface area contributed by atoms with Crippen molar-refractivity contribution in [3.63, 3.8) is 0 Å². The van der Waals surface area contributed by atoms with E-state index in [0.717, 1.165) is 28.3 Å². The number of nitrogens with one attached hydrogen (secondary N) is 1. The second-order valence-corrected chi connectivity index (χ2v) is 5.47. The molecule has 108 valence electrons. The zero-order valence-electron chi connectivity index (χ0n) is 11.8. The van der Waals surface area contributed by atoms with E-state index >= 15 is 0 Å². The van der Waals surface area contributed by atoms with E-state index in [1.807, 2.05) is 36.4 Å². The first-order valence-electron chi connectivity index (χ1n) is 6.67. The molecule has 0 aliphatic rings. The van der Waals surface area contributed by atoms with Crippen molar-refractivity contribution < 1.29 is 4.39 Å². The van der Waals surface area contributed by atoms with Crippen molar-refractivity contribution in [1.29, 1.82) is 0 Å². The number of hydrogen-bond acceptors (Lipinski definition) is 5. The van der Waals surface area contributed by atoms with Gasteiger partial charge >= 0.3 is 0 Å². The van der Waals surface area contributed by atoms with E-state index in [-0.39, 0.29) is 5.82 Å². The molecule has 4 nitrogen and oxygen atoms in total. The summed E-state index contributed by atoms with van der Waals surface area (Å²) in [6.07, 6.45) is 0. The Morgan fingerprint density at radius 1 is 1.29 bits per heavy atom. The summed E-state index contributed by atoms with van der Waals surface area (Å²) in [5.74, 6) is 1.09. The lowest BCUT2D eigenvalue weighted by atomic mass is 10.2. The van der Waals surface area contributed by atoms with Crippen LogP contribution in [-0.2, 0) is 0 Å². The van der Waals surface area contributed by atoms with Gasteiger partial charge in [0.25, 0.3) is 0 Å². The Balaban J connectivity index is 2.11. The molecule has 0 bridgehead atoms. The molecule has 3 rings (SSSR count). The van der Waals surface area contributed by atoms with Gasteiger partial charge in [-0.05, 0) is 36.6 Å². The van der Waals surface area contributed by atoms with E-state index in [0.29, 0.717) is 5.95 Å². The maximum Gasteiger partial charge on any atom is 0.226 e. The number of hydrogen-bond donors (Lipinski definition) is 1. The average Bonchev–Trinajstić information content (AvgIpc) is 2.94. The zero-order chi connectivity index (χ0) is 14.8. The minimum atomic E-state index is -0.262. The topological polar surface area (TPSA) is 41.1 Å². The standard InChI is InChI=1S/C15H15FN4S/c1-3-17-15-18-13(12-7-8-21-14(12)19-15)20(2)11-6-4-5-10(16)9-11/h4-9H,3H2,1-2H3,(H,17,18,19). The van der Waals surface area contributed by atoms with Crippen molar-refractivity contribution in [1.82, 2.24) is 9.97 Å². The molecule has 3 aromatic rings. The summed E-state index contributed by atoms with van der Waals surface area (Å²) in [7, 11) is 1.88. The van der Waals surface area contributed by atoms with Gasteiger partial charge < -0.3 is 10.2 Å². The second kappa shape index (κ2) is 5.65. The van der Waals surface area contributed by atoms with Gasteiger partial charge in [0.2, 0.25) is 5.95 Å². The molecule has 0 spiro atoms. The summed E-state index contributed by atoms with van der Waals surface area (Å²) in [6.45, 7) is 2.75. The molecule has 1 N–H and O–H groups in total. The van der Waals surface area contributed by atoms with Crippen LogP contribution >= 0.6 is 11.3 Å². The molecule has 1 aromatic carbocycles. The third-order valence-electron chi connectivity index (χ3n) is 3.15. The maximum atomic E-state index is 13.4. The number of aromatic nitrogens is 2. The number of benzene rings is 1. The summed E-state index contributed by atoms with van der Waals surface area (Å²) in [4.78, 5) is 11.8. The van der Waals surface area contributed by atoms with Crippen LogP contribution in [0.15, 0.2) is 35.7 Å². The number of rotatable bonds is 4. The highest BCUT2D eigenvalue weighted by Gasteiger charge is 2.14. The highest BCUT2D eigenvalue weighted by Crippen LogP contribution is 2.32. The Morgan fingerprint density at radius 2 is 2.14 bits per heavy atom. The molecule has 0 radical (unpaired) electrons. The van der Waals surface area contributed by atoms with Gasteiger partial charge in [-0.25, -0.2) is 9.37 Å². The van der Waals surface area contributed by atoms with E-state index < -0.39 is 0 Å². The Kier molecular flexibility index (Phi) is 3.70. The predicted octanol–water partition coefficient (Wildman–Crippen LogP) is 4.03. The van der Waals surface area contributed by atoms with Gasteiger partial charge in [0, 0.05) is 19.3 Å². The lowest BCUT2D eigenvalue weighted by molar-refractivity contribution is 0.628. The molecule has 0 aliphatic carbocycles. The number of nitrogens with zero attached hydrogens (tertiary/aromatic N) is 3. The van der Waals surface area contributed by atoms with E-state index in [1.54, 1.807) is 17.4 Å². The fraction of sp³-hybridized carbons (Fsp3) is 0.200. The van der Waals surface area contributed by atoms with Crippen LogP contribution in [0.3, 0.4) is 0 Å². The smallest absolute Gasteiger partial charge is 0.226 e. The molecule has 0 amide bonds. The monoisotopic (exact) mass is 302 g/mol. The molecule has 6 heteroatoms. The third kappa shape index (κ3) is 2.67. The first-order chi connectivity index (χ1) is 10.2. The lowest BCUT2D eigenvalue weighted by Crippen LogP contribution is -2.13. The van der Waals surface area contributed by atoms with Crippen LogP contribution in [0.2, 0.25) is 0 Å². The molecule has 0 saturated heterocycles. The first-order valence-corrected chi connectivity index (χ1v) is 7.55. The fourth-order valence-corrected chi connectivity index (χ4v) is 2.90. The van der Waals surface area contributed by atoms with E-state index in [2.05, 4.69) is 15.3 Å². The van der Waals surface area contributed by atoms with Crippen LogP contribution in [0, 0.1) is 5.82 Å². The van der Waals surface area contributed by atoms with E-state index in [4.69, 9.17) is 0 Å². The average molecular weight is 302 g/mol. The van der Waals surface area contributed by atoms with Crippen molar-refractivity contribution in [3.8, 4) is 0 Å². The van der Waals surface area contributed by atoms with Crippen molar-refractivity contribution in [3.05, 3.63) is 41.5 Å². The molecule has 0 saturated carbocycles. The first kappa shape index (κ1) is 13.8. The number of thiophene rings is 1. The summed E-state index contributed by atoms with van der Waals surface area (Å²) in [6, 6.07) is 8.46. The minimum Gasteiger partial charge on any atom is -0.354 e. The van der Waals surface area contributed by atoms with Gasteiger partial charge in [-0.1, -0.05) is 6.07 Å². The molecule has 0 atom stereocenters. The van der Waals surface area contributed by atoms with Gasteiger partial charge in [0.05, 0.1) is 5.39 Å².